The number of rotatable bonds is 7. The molecule has 0 amide bonds. The van der Waals surface area contributed by atoms with E-state index in [4.69, 9.17) is 4.74 Å². The molecule has 1 unspecified atom stereocenters. The number of hydrogen-bond acceptors (Lipinski definition) is 4. The number of aryl methyl sites for hydroxylation is 1. The minimum absolute atomic E-state index is 0. The van der Waals surface area contributed by atoms with Gasteiger partial charge in [-0.15, -0.1) is 24.0 Å². The minimum Gasteiger partial charge on any atom is -0.396 e. The largest absolute Gasteiger partial charge is 0.396 e. The maximum Gasteiger partial charge on any atom is 0.191 e. The van der Waals surface area contributed by atoms with Gasteiger partial charge in [0.2, 0.25) is 0 Å². The Morgan fingerprint density at radius 3 is 2.93 bits per heavy atom. The number of aliphatic imine (C=N–C) groups is 1. The van der Waals surface area contributed by atoms with Crippen LogP contribution in [0.4, 0.5) is 0 Å². The zero-order valence-electron chi connectivity index (χ0n) is 16.1. The number of aromatic nitrogens is 2. The highest BCUT2D eigenvalue weighted by Gasteiger charge is 2.34. The second-order valence-corrected chi connectivity index (χ2v) is 6.95. The number of pyridine rings is 1. The van der Waals surface area contributed by atoms with Gasteiger partial charge in [0.15, 0.2) is 5.96 Å². The molecule has 1 fully saturated rings. The van der Waals surface area contributed by atoms with Crippen molar-refractivity contribution in [3.63, 3.8) is 0 Å². The molecule has 8 heteroatoms. The van der Waals surface area contributed by atoms with Gasteiger partial charge in [0.1, 0.15) is 5.65 Å². The summed E-state index contributed by atoms with van der Waals surface area (Å²) in [5.74, 6) is 0.769. The zero-order valence-corrected chi connectivity index (χ0v) is 18.4. The fraction of sp³-hybridized carbons (Fsp3) is 0.579. The highest BCUT2D eigenvalue weighted by molar-refractivity contribution is 14.0. The summed E-state index contributed by atoms with van der Waals surface area (Å²) in [6.45, 7) is 7.79. The summed E-state index contributed by atoms with van der Waals surface area (Å²) in [5.41, 5.74) is 3.02. The Morgan fingerprint density at radius 1 is 1.41 bits per heavy atom. The molecule has 1 saturated heterocycles. The minimum atomic E-state index is -0.00879. The van der Waals surface area contributed by atoms with E-state index in [2.05, 4.69) is 38.0 Å². The zero-order chi connectivity index (χ0) is 18.4. The number of guanidine groups is 1. The molecule has 0 aromatic carbocycles. The predicted molar refractivity (Wildman–Crippen MR) is 118 cm³/mol. The summed E-state index contributed by atoms with van der Waals surface area (Å²) in [6, 6.07) is 6.08. The molecule has 0 radical (unpaired) electrons. The van der Waals surface area contributed by atoms with Gasteiger partial charge in [-0.2, -0.15) is 0 Å². The number of hydrogen-bond donors (Lipinski definition) is 3. The molecule has 0 spiro atoms. The van der Waals surface area contributed by atoms with Gasteiger partial charge >= 0.3 is 0 Å². The van der Waals surface area contributed by atoms with Crippen molar-refractivity contribution < 1.29 is 9.84 Å². The summed E-state index contributed by atoms with van der Waals surface area (Å²) in [6.07, 6.45) is 3.74. The Kier molecular flexibility index (Phi) is 8.30. The van der Waals surface area contributed by atoms with Gasteiger partial charge in [0, 0.05) is 43.6 Å². The quantitative estimate of drug-likeness (QED) is 0.317. The molecule has 3 heterocycles. The Balaban J connectivity index is 0.00000261. The van der Waals surface area contributed by atoms with Crippen molar-refractivity contribution in [3.8, 4) is 0 Å². The van der Waals surface area contributed by atoms with Crippen LogP contribution in [0.1, 0.15) is 31.2 Å². The highest BCUT2D eigenvalue weighted by Crippen LogP contribution is 2.31. The number of ether oxygens (including phenoxy) is 1. The smallest absolute Gasteiger partial charge is 0.191 e. The molecule has 1 aliphatic rings. The summed E-state index contributed by atoms with van der Waals surface area (Å²) in [4.78, 5) is 9.31. The molecular weight excluding hydrogens is 457 g/mol. The molecular formula is C19H30IN5O2. The number of fused-ring (bicyclic) bond motifs is 1. The number of nitrogens with one attached hydrogen (secondary N) is 2. The van der Waals surface area contributed by atoms with Gasteiger partial charge in [-0.25, -0.2) is 9.98 Å². The third-order valence-corrected chi connectivity index (χ3v) is 4.95. The van der Waals surface area contributed by atoms with Gasteiger partial charge in [0.05, 0.1) is 18.8 Å². The van der Waals surface area contributed by atoms with Crippen LogP contribution in [-0.4, -0.2) is 53.4 Å². The molecule has 1 atom stereocenters. The molecule has 150 valence electrons. The van der Waals surface area contributed by atoms with Crippen LogP contribution < -0.4 is 10.6 Å². The third-order valence-electron chi connectivity index (χ3n) is 4.95. The average molecular weight is 487 g/mol. The first-order chi connectivity index (χ1) is 12.7. The van der Waals surface area contributed by atoms with E-state index in [0.717, 1.165) is 55.5 Å². The van der Waals surface area contributed by atoms with Crippen LogP contribution in [0.5, 0.6) is 0 Å². The van der Waals surface area contributed by atoms with Crippen LogP contribution >= 0.6 is 24.0 Å². The topological polar surface area (TPSA) is 83.2 Å². The second kappa shape index (κ2) is 10.2. The summed E-state index contributed by atoms with van der Waals surface area (Å²) >= 11 is 0. The van der Waals surface area contributed by atoms with E-state index >= 15 is 0 Å². The number of aliphatic hydroxyl groups is 1. The van der Waals surface area contributed by atoms with Crippen molar-refractivity contribution in [2.75, 3.05) is 32.9 Å². The Hall–Kier alpha value is -1.39. The van der Waals surface area contributed by atoms with Crippen molar-refractivity contribution in [3.05, 3.63) is 35.8 Å². The predicted octanol–water partition coefficient (Wildman–Crippen LogP) is 2.10. The maximum atomic E-state index is 9.36. The van der Waals surface area contributed by atoms with E-state index in [1.165, 1.54) is 0 Å². The van der Waals surface area contributed by atoms with E-state index in [0.29, 0.717) is 13.2 Å². The summed E-state index contributed by atoms with van der Waals surface area (Å²) in [7, 11) is 0. The van der Waals surface area contributed by atoms with Crippen LogP contribution in [-0.2, 0) is 11.3 Å². The van der Waals surface area contributed by atoms with Crippen LogP contribution in [0.15, 0.2) is 29.4 Å². The normalized spacial score (nSPS) is 19.9. The Morgan fingerprint density at radius 2 is 2.26 bits per heavy atom. The Labute approximate surface area is 177 Å². The fourth-order valence-corrected chi connectivity index (χ4v) is 3.36. The average Bonchev–Trinajstić information content (AvgIpc) is 3.26. The molecule has 2 aromatic heterocycles. The second-order valence-electron chi connectivity index (χ2n) is 6.95. The van der Waals surface area contributed by atoms with Gasteiger partial charge in [-0.1, -0.05) is 6.07 Å². The summed E-state index contributed by atoms with van der Waals surface area (Å²) < 4.78 is 7.64. The van der Waals surface area contributed by atoms with Gasteiger partial charge in [0.25, 0.3) is 0 Å². The van der Waals surface area contributed by atoms with Crippen LogP contribution in [0, 0.1) is 12.3 Å². The molecule has 0 bridgehead atoms. The monoisotopic (exact) mass is 487 g/mol. The standard InChI is InChI=1S/C19H29N5O2.HI/c1-3-20-18(22-13-19(7-9-25)8-10-26-14-19)21-11-16-12-24-15(2)5-4-6-17(24)23-16;/h4-6,12,25H,3,7-11,13-14H2,1-2H3,(H2,20,21,22);1H. The first-order valence-electron chi connectivity index (χ1n) is 9.30. The molecule has 0 aliphatic carbocycles. The SMILES string of the molecule is CCNC(=NCc1cn2c(C)cccc2n1)NCC1(CCO)CCOC1.I. The van der Waals surface area contributed by atoms with Gasteiger partial charge in [-0.3, -0.25) is 0 Å². The number of imidazole rings is 1. The maximum absolute atomic E-state index is 9.36. The Bertz CT molecular complexity index is 756. The van der Waals surface area contributed by atoms with Crippen LogP contribution in [0.2, 0.25) is 0 Å². The van der Waals surface area contributed by atoms with Crippen molar-refractivity contribution in [1.29, 1.82) is 0 Å². The fourth-order valence-electron chi connectivity index (χ4n) is 3.36. The lowest BCUT2D eigenvalue weighted by molar-refractivity contribution is 0.127. The van der Waals surface area contributed by atoms with Crippen LogP contribution in [0.3, 0.4) is 0 Å². The third kappa shape index (κ3) is 5.55. The van der Waals surface area contributed by atoms with E-state index in [-0.39, 0.29) is 36.0 Å². The van der Waals surface area contributed by atoms with Gasteiger partial charge in [-0.05, 0) is 38.8 Å². The molecule has 0 saturated carbocycles. The molecule has 2 aromatic rings. The number of aliphatic hydroxyl groups excluding tert-OH is 1. The van der Waals surface area contributed by atoms with E-state index < -0.39 is 0 Å². The van der Waals surface area contributed by atoms with Crippen molar-refractivity contribution in [2.24, 2.45) is 10.4 Å². The molecule has 1 aliphatic heterocycles. The molecule has 3 rings (SSSR count). The molecule has 7 nitrogen and oxygen atoms in total. The van der Waals surface area contributed by atoms with Crippen molar-refractivity contribution in [2.45, 2.75) is 33.2 Å². The molecule has 3 N–H and O–H groups in total. The van der Waals surface area contributed by atoms with E-state index in [9.17, 15) is 5.11 Å². The summed E-state index contributed by atoms with van der Waals surface area (Å²) in [5, 5.41) is 16.1. The number of nitrogens with zero attached hydrogens (tertiary/aromatic N) is 3. The lowest BCUT2D eigenvalue weighted by Gasteiger charge is -2.27. The van der Waals surface area contributed by atoms with Crippen molar-refractivity contribution in [1.82, 2.24) is 20.0 Å². The number of halogens is 1. The van der Waals surface area contributed by atoms with Crippen LogP contribution in [0.25, 0.3) is 5.65 Å². The van der Waals surface area contributed by atoms with E-state index in [1.807, 2.05) is 25.3 Å². The lowest BCUT2D eigenvalue weighted by atomic mass is 9.84. The lowest BCUT2D eigenvalue weighted by Crippen LogP contribution is -2.44. The first-order valence-corrected chi connectivity index (χ1v) is 9.30. The highest BCUT2D eigenvalue weighted by atomic mass is 127. The van der Waals surface area contributed by atoms with Crippen molar-refractivity contribution >= 4 is 35.6 Å². The van der Waals surface area contributed by atoms with Gasteiger partial charge < -0.3 is 24.9 Å². The molecule has 27 heavy (non-hydrogen) atoms. The first kappa shape index (κ1) is 21.9. The van der Waals surface area contributed by atoms with E-state index in [1.54, 1.807) is 0 Å².